The zero-order chi connectivity index (χ0) is 17.5. The predicted molar refractivity (Wildman–Crippen MR) is 100 cm³/mol. The van der Waals surface area contributed by atoms with Gasteiger partial charge in [-0.15, -0.1) is 0 Å². The molecule has 5 heteroatoms. The third-order valence-corrected chi connectivity index (χ3v) is 4.71. The van der Waals surface area contributed by atoms with Crippen LogP contribution in [0.3, 0.4) is 0 Å². The van der Waals surface area contributed by atoms with Gasteiger partial charge in [-0.05, 0) is 11.5 Å². The topological polar surface area (TPSA) is 45.2 Å². The Labute approximate surface area is 149 Å². The van der Waals surface area contributed by atoms with Crippen molar-refractivity contribution in [2.45, 2.75) is 6.10 Å². The number of methoxy groups -OCH3 is 1. The molecule has 0 radical (unpaired) electrons. The minimum Gasteiger partial charge on any atom is -0.492 e. The average molecular weight is 344 g/mol. The largest absolute Gasteiger partial charge is 0.492 e. The Morgan fingerprint density at radius 3 is 2.52 bits per heavy atom. The van der Waals surface area contributed by atoms with Crippen molar-refractivity contribution >= 4 is 10.8 Å². The first kappa shape index (κ1) is 18.1. The molecule has 1 aliphatic heterocycles. The first-order valence-electron chi connectivity index (χ1n) is 8.98. The van der Waals surface area contributed by atoms with E-state index in [9.17, 15) is 5.11 Å². The molecule has 136 valence electrons. The van der Waals surface area contributed by atoms with E-state index < -0.39 is 6.10 Å². The van der Waals surface area contributed by atoms with E-state index in [1.807, 2.05) is 18.2 Å². The van der Waals surface area contributed by atoms with Crippen molar-refractivity contribution in [2.24, 2.45) is 0 Å². The lowest BCUT2D eigenvalue weighted by atomic mass is 10.1. The van der Waals surface area contributed by atoms with Gasteiger partial charge in [-0.25, -0.2) is 0 Å². The van der Waals surface area contributed by atoms with Crippen LogP contribution in [0.4, 0.5) is 0 Å². The van der Waals surface area contributed by atoms with Gasteiger partial charge in [0.05, 0.1) is 12.7 Å². The van der Waals surface area contributed by atoms with Gasteiger partial charge in [0.1, 0.15) is 12.4 Å². The molecule has 1 atom stereocenters. The molecule has 1 saturated heterocycles. The van der Waals surface area contributed by atoms with Crippen molar-refractivity contribution < 1.29 is 14.6 Å². The Morgan fingerprint density at radius 2 is 1.72 bits per heavy atom. The summed E-state index contributed by atoms with van der Waals surface area (Å²) >= 11 is 0. The van der Waals surface area contributed by atoms with Gasteiger partial charge in [0.25, 0.3) is 0 Å². The molecule has 0 saturated carbocycles. The highest BCUT2D eigenvalue weighted by molar-refractivity contribution is 5.88. The predicted octanol–water partition coefficient (Wildman–Crippen LogP) is 1.84. The number of β-amino-alcohol motifs (C(OH)–C–C–N with tert-alkyl or cyclic N) is 1. The molecule has 1 fully saturated rings. The monoisotopic (exact) mass is 344 g/mol. The highest BCUT2D eigenvalue weighted by atomic mass is 16.5. The number of piperazine rings is 1. The third kappa shape index (κ3) is 5.16. The summed E-state index contributed by atoms with van der Waals surface area (Å²) in [4.78, 5) is 4.72. The number of rotatable bonds is 8. The van der Waals surface area contributed by atoms with Gasteiger partial charge in [-0.2, -0.15) is 0 Å². The standard InChI is InChI=1S/C20H28N2O3/c1-24-16-18(23)15-22-11-9-21(10-12-22)13-14-25-20-8-4-6-17-5-2-3-7-19(17)20/h2-8,18,23H,9-16H2,1H3/t18-/m1/s1. The number of ether oxygens (including phenoxy) is 2. The van der Waals surface area contributed by atoms with Crippen molar-refractivity contribution in [3.63, 3.8) is 0 Å². The second-order valence-corrected chi connectivity index (χ2v) is 6.58. The number of hydrogen-bond donors (Lipinski definition) is 1. The van der Waals surface area contributed by atoms with E-state index in [2.05, 4.69) is 34.1 Å². The minimum absolute atomic E-state index is 0.397. The lowest BCUT2D eigenvalue weighted by molar-refractivity contribution is 0.0226. The number of aliphatic hydroxyl groups excluding tert-OH is 1. The Hall–Kier alpha value is -1.66. The zero-order valence-corrected chi connectivity index (χ0v) is 14.9. The highest BCUT2D eigenvalue weighted by Crippen LogP contribution is 2.25. The summed E-state index contributed by atoms with van der Waals surface area (Å²) < 4.78 is 11.0. The molecule has 0 amide bonds. The van der Waals surface area contributed by atoms with E-state index in [0.29, 0.717) is 19.8 Å². The maximum Gasteiger partial charge on any atom is 0.127 e. The number of aliphatic hydroxyl groups is 1. The van der Waals surface area contributed by atoms with Crippen molar-refractivity contribution in [2.75, 3.05) is 59.6 Å². The summed E-state index contributed by atoms with van der Waals surface area (Å²) in [6, 6.07) is 14.5. The van der Waals surface area contributed by atoms with Crippen LogP contribution >= 0.6 is 0 Å². The second-order valence-electron chi connectivity index (χ2n) is 6.58. The fourth-order valence-corrected chi connectivity index (χ4v) is 3.34. The van der Waals surface area contributed by atoms with Gasteiger partial charge < -0.3 is 14.6 Å². The van der Waals surface area contributed by atoms with Crippen LogP contribution in [0, 0.1) is 0 Å². The van der Waals surface area contributed by atoms with Crippen LogP contribution in [-0.4, -0.2) is 80.6 Å². The zero-order valence-electron chi connectivity index (χ0n) is 14.9. The quantitative estimate of drug-likeness (QED) is 0.792. The number of fused-ring (bicyclic) bond motifs is 1. The molecule has 0 spiro atoms. The lowest BCUT2D eigenvalue weighted by Crippen LogP contribution is -2.49. The van der Waals surface area contributed by atoms with E-state index in [4.69, 9.17) is 9.47 Å². The Morgan fingerprint density at radius 1 is 1.00 bits per heavy atom. The minimum atomic E-state index is -0.397. The number of hydrogen-bond acceptors (Lipinski definition) is 5. The summed E-state index contributed by atoms with van der Waals surface area (Å²) in [5, 5.41) is 12.2. The number of benzene rings is 2. The van der Waals surface area contributed by atoms with Gasteiger partial charge in [-0.1, -0.05) is 36.4 Å². The fraction of sp³-hybridized carbons (Fsp3) is 0.500. The van der Waals surface area contributed by atoms with Gasteiger partial charge in [-0.3, -0.25) is 9.80 Å². The van der Waals surface area contributed by atoms with Gasteiger partial charge in [0, 0.05) is 51.8 Å². The first-order chi connectivity index (χ1) is 12.3. The van der Waals surface area contributed by atoms with Crippen LogP contribution < -0.4 is 4.74 Å². The summed E-state index contributed by atoms with van der Waals surface area (Å²) in [7, 11) is 1.62. The Bertz CT molecular complexity index is 651. The fourth-order valence-electron chi connectivity index (χ4n) is 3.34. The van der Waals surface area contributed by atoms with Gasteiger partial charge in [0.2, 0.25) is 0 Å². The van der Waals surface area contributed by atoms with Crippen LogP contribution in [0.5, 0.6) is 5.75 Å². The molecule has 0 aliphatic carbocycles. The molecular formula is C20H28N2O3. The summed E-state index contributed by atoms with van der Waals surface area (Å²) in [6.45, 7) is 6.70. The molecule has 0 bridgehead atoms. The Kier molecular flexibility index (Phi) is 6.64. The molecule has 25 heavy (non-hydrogen) atoms. The molecule has 3 rings (SSSR count). The van der Waals surface area contributed by atoms with Gasteiger partial charge >= 0.3 is 0 Å². The van der Waals surface area contributed by atoms with Crippen molar-refractivity contribution in [3.8, 4) is 5.75 Å². The summed E-state index contributed by atoms with van der Waals surface area (Å²) in [6.07, 6.45) is -0.397. The van der Waals surface area contributed by atoms with Crippen molar-refractivity contribution in [1.29, 1.82) is 0 Å². The summed E-state index contributed by atoms with van der Waals surface area (Å²) in [5.41, 5.74) is 0. The molecule has 1 aliphatic rings. The van der Waals surface area contributed by atoms with Crippen LogP contribution in [0.1, 0.15) is 0 Å². The molecule has 2 aromatic rings. The maximum absolute atomic E-state index is 9.82. The van der Waals surface area contributed by atoms with E-state index in [-0.39, 0.29) is 0 Å². The van der Waals surface area contributed by atoms with E-state index in [0.717, 1.165) is 38.5 Å². The van der Waals surface area contributed by atoms with Crippen LogP contribution in [-0.2, 0) is 4.74 Å². The molecule has 0 unspecified atom stereocenters. The molecule has 5 nitrogen and oxygen atoms in total. The van der Waals surface area contributed by atoms with E-state index >= 15 is 0 Å². The summed E-state index contributed by atoms with van der Waals surface area (Å²) in [5.74, 6) is 0.958. The third-order valence-electron chi connectivity index (χ3n) is 4.71. The molecule has 1 N–H and O–H groups in total. The molecular weight excluding hydrogens is 316 g/mol. The molecule has 2 aromatic carbocycles. The smallest absolute Gasteiger partial charge is 0.127 e. The first-order valence-corrected chi connectivity index (χ1v) is 8.98. The Balaban J connectivity index is 1.41. The highest BCUT2D eigenvalue weighted by Gasteiger charge is 2.19. The van der Waals surface area contributed by atoms with Crippen molar-refractivity contribution in [1.82, 2.24) is 9.80 Å². The normalized spacial score (nSPS) is 17.7. The van der Waals surface area contributed by atoms with Gasteiger partial charge in [0.15, 0.2) is 0 Å². The van der Waals surface area contributed by atoms with Crippen LogP contribution in [0.2, 0.25) is 0 Å². The molecule has 0 aromatic heterocycles. The van der Waals surface area contributed by atoms with Crippen LogP contribution in [0.15, 0.2) is 42.5 Å². The van der Waals surface area contributed by atoms with E-state index in [1.54, 1.807) is 7.11 Å². The van der Waals surface area contributed by atoms with Crippen LogP contribution in [0.25, 0.3) is 10.8 Å². The maximum atomic E-state index is 9.82. The van der Waals surface area contributed by atoms with Crippen molar-refractivity contribution in [3.05, 3.63) is 42.5 Å². The second kappa shape index (κ2) is 9.15. The number of nitrogens with zero attached hydrogens (tertiary/aromatic N) is 2. The molecule has 1 heterocycles. The van der Waals surface area contributed by atoms with E-state index in [1.165, 1.54) is 10.8 Å². The lowest BCUT2D eigenvalue weighted by Gasteiger charge is -2.35. The SMILES string of the molecule is COC[C@H](O)CN1CCN(CCOc2cccc3ccccc23)CC1. The average Bonchev–Trinajstić information content (AvgIpc) is 2.63.